The maximum Gasteiger partial charge on any atom is 0.251 e. The number of amides is 1. The van der Waals surface area contributed by atoms with Crippen LogP contribution in [0.3, 0.4) is 0 Å². The molecule has 3 aromatic rings. The lowest BCUT2D eigenvalue weighted by molar-refractivity contribution is 0.0951. The zero-order valence-corrected chi connectivity index (χ0v) is 14.3. The summed E-state index contributed by atoms with van der Waals surface area (Å²) < 4.78 is 2.00. The van der Waals surface area contributed by atoms with E-state index in [1.54, 1.807) is 18.0 Å². The fourth-order valence-electron chi connectivity index (χ4n) is 2.27. The summed E-state index contributed by atoms with van der Waals surface area (Å²) in [6.07, 6.45) is 3.73. The molecule has 0 saturated carbocycles. The van der Waals surface area contributed by atoms with E-state index in [-0.39, 0.29) is 5.91 Å². The third kappa shape index (κ3) is 4.26. The van der Waals surface area contributed by atoms with Gasteiger partial charge in [-0.15, -0.1) is 0 Å². The number of aromatic nitrogens is 2. The van der Waals surface area contributed by atoms with Crippen molar-refractivity contribution in [3.05, 3.63) is 83.7 Å². The number of carbonyl (C=O) groups excluding carboxylic acids is 1. The molecule has 1 N–H and O–H groups in total. The van der Waals surface area contributed by atoms with E-state index in [4.69, 9.17) is 0 Å². The van der Waals surface area contributed by atoms with Crippen molar-refractivity contribution in [2.45, 2.75) is 17.5 Å². The van der Waals surface area contributed by atoms with E-state index >= 15 is 0 Å². The first-order valence-electron chi connectivity index (χ1n) is 7.73. The van der Waals surface area contributed by atoms with E-state index in [1.807, 2.05) is 72.4 Å². The lowest BCUT2D eigenvalue weighted by Crippen LogP contribution is -2.22. The summed E-state index contributed by atoms with van der Waals surface area (Å²) in [5.74, 6) is 0.777. The molecular weight excluding hydrogens is 318 g/mol. The predicted molar refractivity (Wildman–Crippen MR) is 96.8 cm³/mol. The van der Waals surface area contributed by atoms with Gasteiger partial charge in [0.15, 0.2) is 5.16 Å². The van der Waals surface area contributed by atoms with Crippen molar-refractivity contribution in [1.29, 1.82) is 0 Å². The van der Waals surface area contributed by atoms with Crippen molar-refractivity contribution in [1.82, 2.24) is 14.9 Å². The third-order valence-corrected chi connectivity index (χ3v) is 4.79. The molecule has 0 atom stereocenters. The minimum atomic E-state index is -0.0536. The molecule has 0 saturated heterocycles. The number of nitrogens with one attached hydrogen (secondary N) is 1. The summed E-state index contributed by atoms with van der Waals surface area (Å²) in [5, 5.41) is 3.92. The molecule has 5 heteroatoms. The van der Waals surface area contributed by atoms with Gasteiger partial charge in [0.05, 0.1) is 0 Å². The van der Waals surface area contributed by atoms with Gasteiger partial charge in [0.2, 0.25) is 0 Å². The summed E-state index contributed by atoms with van der Waals surface area (Å²) in [6.45, 7) is 0.538. The van der Waals surface area contributed by atoms with Crippen molar-refractivity contribution in [2.24, 2.45) is 7.05 Å². The van der Waals surface area contributed by atoms with E-state index in [0.717, 1.165) is 16.5 Å². The fraction of sp³-hybridized carbons (Fsp3) is 0.158. The molecule has 122 valence electrons. The third-order valence-electron chi connectivity index (χ3n) is 3.66. The molecule has 0 aliphatic carbocycles. The first kappa shape index (κ1) is 16.3. The molecule has 0 aliphatic heterocycles. The summed E-state index contributed by atoms with van der Waals surface area (Å²) in [5.41, 5.74) is 2.94. The Hall–Kier alpha value is -2.53. The van der Waals surface area contributed by atoms with Crippen LogP contribution in [-0.2, 0) is 19.3 Å². The molecule has 0 bridgehead atoms. The van der Waals surface area contributed by atoms with Gasteiger partial charge in [0, 0.05) is 37.3 Å². The van der Waals surface area contributed by atoms with Crippen molar-refractivity contribution in [3.8, 4) is 0 Å². The van der Waals surface area contributed by atoms with Crippen LogP contribution < -0.4 is 5.32 Å². The molecule has 1 heterocycles. The number of nitrogens with zero attached hydrogens (tertiary/aromatic N) is 2. The van der Waals surface area contributed by atoms with Gasteiger partial charge in [-0.25, -0.2) is 4.98 Å². The average Bonchev–Trinajstić information content (AvgIpc) is 3.04. The summed E-state index contributed by atoms with van der Waals surface area (Å²) >= 11 is 1.68. The van der Waals surface area contributed by atoms with Crippen molar-refractivity contribution < 1.29 is 4.79 Å². The van der Waals surface area contributed by atoms with E-state index in [9.17, 15) is 4.79 Å². The topological polar surface area (TPSA) is 46.9 Å². The largest absolute Gasteiger partial charge is 0.348 e. The van der Waals surface area contributed by atoms with Gasteiger partial charge in [-0.05, 0) is 23.3 Å². The van der Waals surface area contributed by atoms with Crippen LogP contribution in [-0.4, -0.2) is 15.5 Å². The van der Waals surface area contributed by atoms with Crippen LogP contribution in [0.15, 0.2) is 72.1 Å². The van der Waals surface area contributed by atoms with Crippen LogP contribution >= 0.6 is 11.8 Å². The maximum absolute atomic E-state index is 12.2. The Morgan fingerprint density at radius 3 is 2.50 bits per heavy atom. The molecule has 4 nitrogen and oxygen atoms in total. The molecule has 0 spiro atoms. The van der Waals surface area contributed by atoms with Crippen LogP contribution in [0.25, 0.3) is 0 Å². The Morgan fingerprint density at radius 1 is 1.08 bits per heavy atom. The predicted octanol–water partition coefficient (Wildman–Crippen LogP) is 3.64. The number of rotatable bonds is 6. The molecule has 0 unspecified atom stereocenters. The lowest BCUT2D eigenvalue weighted by atomic mass is 10.1. The number of hydrogen-bond donors (Lipinski definition) is 1. The van der Waals surface area contributed by atoms with Gasteiger partial charge >= 0.3 is 0 Å². The van der Waals surface area contributed by atoms with Crippen molar-refractivity contribution in [3.63, 3.8) is 0 Å². The molecule has 2 aromatic carbocycles. The highest BCUT2D eigenvalue weighted by atomic mass is 32.2. The molecule has 0 fully saturated rings. The van der Waals surface area contributed by atoms with Crippen LogP contribution in [0.5, 0.6) is 0 Å². The quantitative estimate of drug-likeness (QED) is 0.699. The smallest absolute Gasteiger partial charge is 0.251 e. The Morgan fingerprint density at radius 2 is 1.83 bits per heavy atom. The number of carbonyl (C=O) groups is 1. The second-order valence-corrected chi connectivity index (χ2v) is 6.42. The monoisotopic (exact) mass is 337 g/mol. The average molecular weight is 337 g/mol. The zero-order valence-electron chi connectivity index (χ0n) is 13.5. The van der Waals surface area contributed by atoms with Gasteiger partial charge in [-0.3, -0.25) is 4.79 Å². The van der Waals surface area contributed by atoms with Crippen LogP contribution in [0.4, 0.5) is 0 Å². The van der Waals surface area contributed by atoms with Gasteiger partial charge < -0.3 is 9.88 Å². The first-order valence-corrected chi connectivity index (χ1v) is 8.72. The number of imidazole rings is 1. The SMILES string of the molecule is Cn1ccnc1SCc1ccc(C(=O)NCc2ccccc2)cc1. The molecule has 0 aliphatic rings. The Balaban J connectivity index is 1.53. The van der Waals surface area contributed by atoms with Gasteiger partial charge in [0.25, 0.3) is 5.91 Å². The standard InChI is InChI=1S/C19H19N3OS/c1-22-12-11-20-19(22)24-14-16-7-9-17(10-8-16)18(23)21-13-15-5-3-2-4-6-15/h2-12H,13-14H2,1H3,(H,21,23). The van der Waals surface area contributed by atoms with E-state index in [1.165, 1.54) is 5.56 Å². The molecule has 24 heavy (non-hydrogen) atoms. The van der Waals surface area contributed by atoms with E-state index < -0.39 is 0 Å². The molecule has 1 amide bonds. The first-order chi connectivity index (χ1) is 11.7. The number of thioether (sulfide) groups is 1. The molecular formula is C19H19N3OS. The fourth-order valence-corrected chi connectivity index (χ4v) is 3.16. The zero-order chi connectivity index (χ0) is 16.8. The number of hydrogen-bond acceptors (Lipinski definition) is 3. The number of benzene rings is 2. The Kier molecular flexibility index (Phi) is 5.33. The summed E-state index contributed by atoms with van der Waals surface area (Å²) in [6, 6.07) is 17.6. The van der Waals surface area contributed by atoms with Crippen LogP contribution in [0.1, 0.15) is 21.5 Å². The Labute approximate surface area is 145 Å². The highest BCUT2D eigenvalue weighted by Crippen LogP contribution is 2.20. The van der Waals surface area contributed by atoms with Crippen LogP contribution in [0.2, 0.25) is 0 Å². The van der Waals surface area contributed by atoms with Gasteiger partial charge in [-0.2, -0.15) is 0 Å². The maximum atomic E-state index is 12.2. The minimum absolute atomic E-state index is 0.0536. The summed E-state index contributed by atoms with van der Waals surface area (Å²) in [7, 11) is 1.98. The summed E-state index contributed by atoms with van der Waals surface area (Å²) in [4.78, 5) is 16.5. The van der Waals surface area contributed by atoms with Crippen molar-refractivity contribution >= 4 is 17.7 Å². The molecule has 0 radical (unpaired) electrons. The van der Waals surface area contributed by atoms with Gasteiger partial charge in [-0.1, -0.05) is 54.2 Å². The second kappa shape index (κ2) is 7.84. The normalized spacial score (nSPS) is 10.5. The van der Waals surface area contributed by atoms with Gasteiger partial charge in [0.1, 0.15) is 0 Å². The van der Waals surface area contributed by atoms with Crippen LogP contribution in [0, 0.1) is 0 Å². The Bertz CT molecular complexity index is 797. The van der Waals surface area contributed by atoms with Crippen molar-refractivity contribution in [2.75, 3.05) is 0 Å². The second-order valence-electron chi connectivity index (χ2n) is 5.47. The lowest BCUT2D eigenvalue weighted by Gasteiger charge is -2.07. The molecule has 1 aromatic heterocycles. The van der Waals surface area contributed by atoms with E-state index in [0.29, 0.717) is 12.1 Å². The molecule has 3 rings (SSSR count). The highest BCUT2D eigenvalue weighted by Gasteiger charge is 2.06. The van der Waals surface area contributed by atoms with E-state index in [2.05, 4.69) is 10.3 Å². The number of aryl methyl sites for hydroxylation is 1. The highest BCUT2D eigenvalue weighted by molar-refractivity contribution is 7.98. The minimum Gasteiger partial charge on any atom is -0.348 e.